The standard InChI is InChI=1S/C22H26N4O6/c1-31-10-3-7-23-21(27)17-13-15-12-16(26(29)30)5-6-18(15)25-9-8-24(14-19(17)25)22(28)20-4-2-11-32-20/h2,4-6,11-12,17,19H,3,7-10,13-14H2,1H3,(H,23,27)/t17-,19+/m0/s1. The van der Waals surface area contributed by atoms with Crippen LogP contribution in [0.4, 0.5) is 11.4 Å². The highest BCUT2D eigenvalue weighted by Crippen LogP contribution is 2.38. The predicted octanol–water partition coefficient (Wildman–Crippen LogP) is 1.84. The van der Waals surface area contributed by atoms with Crippen LogP contribution in [0.25, 0.3) is 0 Å². The minimum Gasteiger partial charge on any atom is -0.459 e. The Morgan fingerprint density at radius 3 is 2.88 bits per heavy atom. The Kier molecular flexibility index (Phi) is 6.40. The van der Waals surface area contributed by atoms with E-state index in [0.29, 0.717) is 45.6 Å². The molecule has 0 spiro atoms. The topological polar surface area (TPSA) is 118 Å². The van der Waals surface area contributed by atoms with Crippen LogP contribution in [-0.4, -0.2) is 67.6 Å². The van der Waals surface area contributed by atoms with Gasteiger partial charge in [-0.15, -0.1) is 0 Å². The van der Waals surface area contributed by atoms with Gasteiger partial charge in [-0.3, -0.25) is 19.7 Å². The Labute approximate surface area is 185 Å². The molecule has 10 nitrogen and oxygen atoms in total. The molecule has 32 heavy (non-hydrogen) atoms. The smallest absolute Gasteiger partial charge is 0.289 e. The molecule has 3 heterocycles. The first kappa shape index (κ1) is 21.8. The molecule has 1 fully saturated rings. The molecule has 170 valence electrons. The van der Waals surface area contributed by atoms with E-state index in [1.807, 2.05) is 0 Å². The summed E-state index contributed by atoms with van der Waals surface area (Å²) in [4.78, 5) is 40.6. The normalized spacial score (nSPS) is 19.8. The summed E-state index contributed by atoms with van der Waals surface area (Å²) < 4.78 is 10.3. The lowest BCUT2D eigenvalue weighted by atomic mass is 9.83. The minimum atomic E-state index is -0.445. The van der Waals surface area contributed by atoms with Crippen LogP contribution in [0.3, 0.4) is 0 Å². The maximum absolute atomic E-state index is 13.1. The maximum atomic E-state index is 13.1. The fourth-order valence-corrected chi connectivity index (χ4v) is 4.52. The Bertz CT molecular complexity index is 992. The van der Waals surface area contributed by atoms with Crippen LogP contribution >= 0.6 is 0 Å². The van der Waals surface area contributed by atoms with Gasteiger partial charge in [-0.05, 0) is 36.6 Å². The second kappa shape index (κ2) is 9.39. The summed E-state index contributed by atoms with van der Waals surface area (Å²) in [6.07, 6.45) is 2.52. The van der Waals surface area contributed by atoms with Gasteiger partial charge in [0.2, 0.25) is 5.91 Å². The number of amides is 2. The van der Waals surface area contributed by atoms with Gasteiger partial charge in [-0.25, -0.2) is 0 Å². The zero-order valence-corrected chi connectivity index (χ0v) is 17.9. The monoisotopic (exact) mass is 442 g/mol. The lowest BCUT2D eigenvalue weighted by Gasteiger charge is -2.48. The number of nitro benzene ring substituents is 1. The number of carbonyl (C=O) groups is 2. The lowest BCUT2D eigenvalue weighted by molar-refractivity contribution is -0.384. The number of rotatable bonds is 7. The predicted molar refractivity (Wildman–Crippen MR) is 116 cm³/mol. The molecule has 2 aliphatic rings. The molecule has 0 unspecified atom stereocenters. The Hall–Kier alpha value is -3.40. The third-order valence-electron chi connectivity index (χ3n) is 6.09. The molecule has 2 aromatic rings. The van der Waals surface area contributed by atoms with Crippen molar-refractivity contribution in [3.8, 4) is 0 Å². The number of piperazine rings is 1. The van der Waals surface area contributed by atoms with E-state index in [1.54, 1.807) is 36.3 Å². The van der Waals surface area contributed by atoms with Crippen molar-refractivity contribution < 1.29 is 23.7 Å². The lowest BCUT2D eigenvalue weighted by Crippen LogP contribution is -2.62. The van der Waals surface area contributed by atoms with E-state index in [1.165, 1.54) is 12.3 Å². The third-order valence-corrected chi connectivity index (χ3v) is 6.09. The zero-order chi connectivity index (χ0) is 22.7. The van der Waals surface area contributed by atoms with Crippen LogP contribution in [-0.2, 0) is 16.0 Å². The summed E-state index contributed by atoms with van der Waals surface area (Å²) in [7, 11) is 1.61. The summed E-state index contributed by atoms with van der Waals surface area (Å²) in [6, 6.07) is 7.85. The van der Waals surface area contributed by atoms with E-state index in [4.69, 9.17) is 9.15 Å². The van der Waals surface area contributed by atoms with Crippen LogP contribution in [0.5, 0.6) is 0 Å². The van der Waals surface area contributed by atoms with Crippen molar-refractivity contribution >= 4 is 23.2 Å². The van der Waals surface area contributed by atoms with Gasteiger partial charge in [0.1, 0.15) is 0 Å². The SMILES string of the molecule is COCCCNC(=O)[C@H]1Cc2cc([N+](=O)[O-])ccc2N2CCN(C(=O)c3ccco3)C[C@H]12. The molecular formula is C22H26N4O6. The summed E-state index contributed by atoms with van der Waals surface area (Å²) in [5, 5.41) is 14.2. The number of fused-ring (bicyclic) bond motifs is 3. The summed E-state index contributed by atoms with van der Waals surface area (Å²) in [5.41, 5.74) is 1.67. The minimum absolute atomic E-state index is 0.00749. The molecule has 1 saturated heterocycles. The van der Waals surface area contributed by atoms with Crippen molar-refractivity contribution in [2.24, 2.45) is 5.92 Å². The average Bonchev–Trinajstić information content (AvgIpc) is 3.35. The number of furan rings is 1. The molecule has 2 amide bonds. The van der Waals surface area contributed by atoms with Gasteiger partial charge in [0.25, 0.3) is 11.6 Å². The van der Waals surface area contributed by atoms with Gasteiger partial charge in [0.05, 0.1) is 23.1 Å². The highest BCUT2D eigenvalue weighted by molar-refractivity contribution is 5.92. The van der Waals surface area contributed by atoms with Gasteiger partial charge in [-0.1, -0.05) is 0 Å². The van der Waals surface area contributed by atoms with E-state index >= 15 is 0 Å². The number of nitrogens with one attached hydrogen (secondary N) is 1. The molecular weight excluding hydrogens is 416 g/mol. The van der Waals surface area contributed by atoms with Crippen LogP contribution in [0, 0.1) is 16.0 Å². The highest BCUT2D eigenvalue weighted by atomic mass is 16.6. The summed E-state index contributed by atoms with van der Waals surface area (Å²) in [5.74, 6) is -0.506. The quantitative estimate of drug-likeness (QED) is 0.395. The van der Waals surface area contributed by atoms with Crippen molar-refractivity contribution in [3.05, 3.63) is 58.0 Å². The number of hydrogen-bond acceptors (Lipinski definition) is 7. The molecule has 1 N–H and O–H groups in total. The summed E-state index contributed by atoms with van der Waals surface area (Å²) in [6.45, 7) is 2.38. The molecule has 0 radical (unpaired) electrons. The van der Waals surface area contributed by atoms with Gasteiger partial charge in [-0.2, -0.15) is 0 Å². The van der Waals surface area contributed by atoms with Crippen LogP contribution in [0.1, 0.15) is 22.5 Å². The van der Waals surface area contributed by atoms with E-state index in [-0.39, 0.29) is 29.3 Å². The van der Waals surface area contributed by atoms with Crippen LogP contribution in [0.15, 0.2) is 41.0 Å². The average molecular weight is 442 g/mol. The molecule has 2 atom stereocenters. The van der Waals surface area contributed by atoms with E-state index in [2.05, 4.69) is 10.2 Å². The van der Waals surface area contributed by atoms with E-state index < -0.39 is 10.8 Å². The van der Waals surface area contributed by atoms with Gasteiger partial charge >= 0.3 is 0 Å². The number of benzene rings is 1. The van der Waals surface area contributed by atoms with Crippen molar-refractivity contribution in [3.63, 3.8) is 0 Å². The molecule has 0 aliphatic carbocycles. The number of hydrogen-bond donors (Lipinski definition) is 1. The van der Waals surface area contributed by atoms with E-state index in [0.717, 1.165) is 11.3 Å². The molecule has 0 saturated carbocycles. The van der Waals surface area contributed by atoms with Crippen LogP contribution in [0.2, 0.25) is 0 Å². The Morgan fingerprint density at radius 1 is 1.31 bits per heavy atom. The molecule has 1 aromatic heterocycles. The molecule has 10 heteroatoms. The van der Waals surface area contributed by atoms with Crippen molar-refractivity contribution in [2.45, 2.75) is 18.9 Å². The van der Waals surface area contributed by atoms with Crippen LogP contribution < -0.4 is 10.2 Å². The number of anilines is 1. The largest absolute Gasteiger partial charge is 0.459 e. The van der Waals surface area contributed by atoms with E-state index in [9.17, 15) is 19.7 Å². The fraction of sp³-hybridized carbons (Fsp3) is 0.455. The van der Waals surface area contributed by atoms with Gasteiger partial charge in [0.15, 0.2) is 5.76 Å². The first-order valence-corrected chi connectivity index (χ1v) is 10.6. The Morgan fingerprint density at radius 2 is 2.16 bits per heavy atom. The maximum Gasteiger partial charge on any atom is 0.289 e. The summed E-state index contributed by atoms with van der Waals surface area (Å²) >= 11 is 0. The molecule has 1 aromatic carbocycles. The van der Waals surface area contributed by atoms with Gasteiger partial charge in [0, 0.05) is 57.7 Å². The number of nitrogens with zero attached hydrogens (tertiary/aromatic N) is 3. The second-order valence-corrected chi connectivity index (χ2v) is 8.01. The highest BCUT2D eigenvalue weighted by Gasteiger charge is 2.43. The first-order chi connectivity index (χ1) is 15.5. The first-order valence-electron chi connectivity index (χ1n) is 10.6. The number of non-ortho nitro benzene ring substituents is 1. The molecule has 0 bridgehead atoms. The number of nitro groups is 1. The Balaban J connectivity index is 1.59. The molecule has 4 rings (SSSR count). The fourth-order valence-electron chi connectivity index (χ4n) is 4.52. The molecule has 2 aliphatic heterocycles. The van der Waals surface area contributed by atoms with Crippen molar-refractivity contribution in [1.82, 2.24) is 10.2 Å². The number of methoxy groups -OCH3 is 1. The zero-order valence-electron chi connectivity index (χ0n) is 17.9. The van der Waals surface area contributed by atoms with Gasteiger partial charge < -0.3 is 24.3 Å². The number of carbonyl (C=O) groups excluding carboxylic acids is 2. The van der Waals surface area contributed by atoms with Crippen molar-refractivity contribution in [1.29, 1.82) is 0 Å². The van der Waals surface area contributed by atoms with Crippen molar-refractivity contribution in [2.75, 3.05) is 44.8 Å². The number of ether oxygens (including phenoxy) is 1. The second-order valence-electron chi connectivity index (χ2n) is 8.01. The third kappa shape index (κ3) is 4.31.